The van der Waals surface area contributed by atoms with Crippen molar-refractivity contribution in [2.24, 2.45) is 0 Å². The molecule has 1 aromatic carbocycles. The third-order valence-corrected chi connectivity index (χ3v) is 2.15. The summed E-state index contributed by atoms with van der Waals surface area (Å²) >= 11 is 0. The Morgan fingerprint density at radius 1 is 0.938 bits per heavy atom. The minimum Gasteiger partial charge on any atom is -0.494 e. The van der Waals surface area contributed by atoms with E-state index in [1.165, 1.54) is 5.56 Å². The summed E-state index contributed by atoms with van der Waals surface area (Å²) in [4.78, 5) is 0. The highest BCUT2D eigenvalue weighted by Gasteiger charge is 1.93. The first-order valence-electron chi connectivity index (χ1n) is 5.59. The van der Waals surface area contributed by atoms with Crippen molar-refractivity contribution in [3.05, 3.63) is 29.8 Å². The van der Waals surface area contributed by atoms with Crippen molar-refractivity contribution in [1.29, 1.82) is 0 Å². The highest BCUT2D eigenvalue weighted by molar-refractivity contribution is 5.26. The largest absolute Gasteiger partial charge is 0.494 e. The average molecular weight is 224 g/mol. The van der Waals surface area contributed by atoms with Crippen molar-refractivity contribution in [3.8, 4) is 5.75 Å². The summed E-state index contributed by atoms with van der Waals surface area (Å²) in [5.74, 6) is 0.919. The molecule has 0 aromatic heterocycles. The summed E-state index contributed by atoms with van der Waals surface area (Å²) < 4.78 is 15.8. The lowest BCUT2D eigenvalue weighted by atomic mass is 10.2. The molecule has 0 aliphatic carbocycles. The molecule has 1 rings (SSSR count). The maximum Gasteiger partial charge on any atom is 0.119 e. The second-order valence-electron chi connectivity index (χ2n) is 3.62. The Bertz CT molecular complexity index is 269. The fraction of sp³-hybridized carbons (Fsp3) is 0.538. The molecule has 1 aromatic rings. The van der Waals surface area contributed by atoms with Gasteiger partial charge in [-0.3, -0.25) is 0 Å². The van der Waals surface area contributed by atoms with E-state index >= 15 is 0 Å². The molecule has 0 aliphatic heterocycles. The molecule has 0 bridgehead atoms. The normalized spacial score (nSPS) is 10.4. The Kier molecular flexibility index (Phi) is 6.61. The SMILES string of the molecule is COCCOCCCOc1ccc(C)cc1. The van der Waals surface area contributed by atoms with Crippen LogP contribution in [0.4, 0.5) is 0 Å². The zero-order chi connectivity index (χ0) is 11.6. The Morgan fingerprint density at radius 2 is 1.69 bits per heavy atom. The Labute approximate surface area is 97.3 Å². The lowest BCUT2D eigenvalue weighted by Crippen LogP contribution is -2.06. The number of ether oxygens (including phenoxy) is 3. The molecule has 3 heteroatoms. The molecule has 90 valence electrons. The first-order chi connectivity index (χ1) is 7.83. The lowest BCUT2D eigenvalue weighted by molar-refractivity contribution is 0.0644. The molecule has 0 saturated carbocycles. The van der Waals surface area contributed by atoms with Crippen molar-refractivity contribution in [2.75, 3.05) is 33.5 Å². The lowest BCUT2D eigenvalue weighted by Gasteiger charge is -2.06. The van der Waals surface area contributed by atoms with Crippen LogP contribution in [-0.2, 0) is 9.47 Å². The van der Waals surface area contributed by atoms with Gasteiger partial charge in [0.05, 0.1) is 19.8 Å². The predicted octanol–water partition coefficient (Wildman–Crippen LogP) is 2.43. The fourth-order valence-electron chi connectivity index (χ4n) is 1.23. The molecule has 0 fully saturated rings. The fourth-order valence-corrected chi connectivity index (χ4v) is 1.23. The molecule has 0 spiro atoms. The quantitative estimate of drug-likeness (QED) is 0.635. The van der Waals surface area contributed by atoms with E-state index < -0.39 is 0 Å². The number of hydrogen-bond acceptors (Lipinski definition) is 3. The van der Waals surface area contributed by atoms with Crippen LogP contribution in [0.25, 0.3) is 0 Å². The molecule has 0 aliphatic rings. The number of hydrogen-bond donors (Lipinski definition) is 0. The zero-order valence-corrected chi connectivity index (χ0v) is 10.1. The van der Waals surface area contributed by atoms with E-state index in [4.69, 9.17) is 14.2 Å². The number of rotatable bonds is 8. The van der Waals surface area contributed by atoms with Gasteiger partial charge in [-0.15, -0.1) is 0 Å². The highest BCUT2D eigenvalue weighted by Crippen LogP contribution is 2.11. The molecular formula is C13H20O3. The maximum atomic E-state index is 5.56. The topological polar surface area (TPSA) is 27.7 Å². The Balaban J connectivity index is 2.01. The summed E-state index contributed by atoms with van der Waals surface area (Å²) in [7, 11) is 1.67. The van der Waals surface area contributed by atoms with Gasteiger partial charge in [-0.2, -0.15) is 0 Å². The van der Waals surface area contributed by atoms with Gasteiger partial charge in [-0.1, -0.05) is 17.7 Å². The van der Waals surface area contributed by atoms with Crippen LogP contribution in [0.3, 0.4) is 0 Å². The molecule has 3 nitrogen and oxygen atoms in total. The van der Waals surface area contributed by atoms with E-state index in [0.717, 1.165) is 18.8 Å². The second kappa shape index (κ2) is 8.13. The van der Waals surface area contributed by atoms with Crippen molar-refractivity contribution in [1.82, 2.24) is 0 Å². The second-order valence-corrected chi connectivity index (χ2v) is 3.62. The molecular weight excluding hydrogens is 204 g/mol. The van der Waals surface area contributed by atoms with Crippen LogP contribution in [0.15, 0.2) is 24.3 Å². The van der Waals surface area contributed by atoms with E-state index in [1.54, 1.807) is 7.11 Å². The van der Waals surface area contributed by atoms with E-state index in [0.29, 0.717) is 19.8 Å². The van der Waals surface area contributed by atoms with Crippen LogP contribution < -0.4 is 4.74 Å². The smallest absolute Gasteiger partial charge is 0.119 e. The van der Waals surface area contributed by atoms with E-state index in [1.807, 2.05) is 24.3 Å². The van der Waals surface area contributed by atoms with E-state index in [2.05, 4.69) is 6.92 Å². The van der Waals surface area contributed by atoms with Gasteiger partial charge in [0, 0.05) is 20.1 Å². The van der Waals surface area contributed by atoms with Crippen molar-refractivity contribution < 1.29 is 14.2 Å². The number of benzene rings is 1. The van der Waals surface area contributed by atoms with Crippen LogP contribution in [0.5, 0.6) is 5.75 Å². The summed E-state index contributed by atoms with van der Waals surface area (Å²) in [5, 5.41) is 0. The molecule has 0 atom stereocenters. The third-order valence-electron chi connectivity index (χ3n) is 2.15. The monoisotopic (exact) mass is 224 g/mol. The van der Waals surface area contributed by atoms with E-state index in [9.17, 15) is 0 Å². The third kappa shape index (κ3) is 5.73. The minimum atomic E-state index is 0.652. The van der Waals surface area contributed by atoms with Crippen molar-refractivity contribution in [2.45, 2.75) is 13.3 Å². The van der Waals surface area contributed by atoms with Gasteiger partial charge in [-0.05, 0) is 19.1 Å². The predicted molar refractivity (Wildman–Crippen MR) is 64.0 cm³/mol. The van der Waals surface area contributed by atoms with E-state index in [-0.39, 0.29) is 0 Å². The van der Waals surface area contributed by atoms with Gasteiger partial charge in [0.2, 0.25) is 0 Å². The van der Waals surface area contributed by atoms with Crippen LogP contribution in [-0.4, -0.2) is 33.5 Å². The molecule has 16 heavy (non-hydrogen) atoms. The minimum absolute atomic E-state index is 0.652. The molecule has 0 N–H and O–H groups in total. The summed E-state index contributed by atoms with van der Waals surface area (Å²) in [6.45, 7) is 4.78. The summed E-state index contributed by atoms with van der Waals surface area (Å²) in [6, 6.07) is 8.07. The van der Waals surface area contributed by atoms with Gasteiger partial charge in [0.15, 0.2) is 0 Å². The van der Waals surface area contributed by atoms with Crippen LogP contribution >= 0.6 is 0 Å². The highest BCUT2D eigenvalue weighted by atomic mass is 16.5. The molecule has 0 amide bonds. The average Bonchev–Trinajstić information content (AvgIpc) is 2.30. The van der Waals surface area contributed by atoms with Crippen LogP contribution in [0.2, 0.25) is 0 Å². The first kappa shape index (κ1) is 13.0. The van der Waals surface area contributed by atoms with Gasteiger partial charge in [-0.25, -0.2) is 0 Å². The van der Waals surface area contributed by atoms with Gasteiger partial charge in [0.25, 0.3) is 0 Å². The first-order valence-corrected chi connectivity index (χ1v) is 5.59. The van der Waals surface area contributed by atoms with Crippen molar-refractivity contribution >= 4 is 0 Å². The number of methoxy groups -OCH3 is 1. The zero-order valence-electron chi connectivity index (χ0n) is 10.1. The number of aryl methyl sites for hydroxylation is 1. The van der Waals surface area contributed by atoms with Crippen molar-refractivity contribution in [3.63, 3.8) is 0 Å². The van der Waals surface area contributed by atoms with Gasteiger partial charge < -0.3 is 14.2 Å². The molecule has 0 radical (unpaired) electrons. The molecule has 0 saturated heterocycles. The Morgan fingerprint density at radius 3 is 2.38 bits per heavy atom. The molecule has 0 heterocycles. The van der Waals surface area contributed by atoms with Gasteiger partial charge >= 0.3 is 0 Å². The Hall–Kier alpha value is -1.06. The summed E-state index contributed by atoms with van der Waals surface area (Å²) in [5.41, 5.74) is 1.25. The van der Waals surface area contributed by atoms with Crippen LogP contribution in [0.1, 0.15) is 12.0 Å². The maximum absolute atomic E-state index is 5.56. The van der Waals surface area contributed by atoms with Gasteiger partial charge in [0.1, 0.15) is 5.75 Å². The van der Waals surface area contributed by atoms with Crippen LogP contribution in [0, 0.1) is 6.92 Å². The summed E-state index contributed by atoms with van der Waals surface area (Å²) in [6.07, 6.45) is 0.900. The molecule has 0 unspecified atom stereocenters. The standard InChI is InChI=1S/C13H20O3/c1-12-4-6-13(7-5-12)16-9-3-8-15-11-10-14-2/h4-7H,3,8-11H2,1-2H3.